The van der Waals surface area contributed by atoms with Crippen molar-refractivity contribution in [2.75, 3.05) is 19.3 Å². The molecule has 1 unspecified atom stereocenters. The number of aryl methyl sites for hydroxylation is 1. The van der Waals surface area contributed by atoms with Gasteiger partial charge in [-0.25, -0.2) is 8.42 Å². The summed E-state index contributed by atoms with van der Waals surface area (Å²) in [6.07, 6.45) is -2.86. The quantitative estimate of drug-likeness (QED) is 0.803. The maximum Gasteiger partial charge on any atom is 0.417 e. The van der Waals surface area contributed by atoms with Gasteiger partial charge in [-0.1, -0.05) is 17.7 Å². The van der Waals surface area contributed by atoms with Gasteiger partial charge in [0.25, 0.3) is 0 Å². The van der Waals surface area contributed by atoms with E-state index < -0.39 is 26.8 Å². The molecule has 1 aliphatic heterocycles. The van der Waals surface area contributed by atoms with Crippen LogP contribution < -0.4 is 0 Å². The van der Waals surface area contributed by atoms with E-state index in [9.17, 15) is 26.4 Å². The topological polar surface area (TPSA) is 54.5 Å². The highest BCUT2D eigenvalue weighted by atomic mass is 35.5. The fraction of sp³-hybridized carbons (Fsp3) is 0.533. The van der Waals surface area contributed by atoms with Gasteiger partial charge in [0.15, 0.2) is 9.84 Å². The number of carbonyl (C=O) groups is 1. The van der Waals surface area contributed by atoms with Crippen LogP contribution in [0.2, 0.25) is 5.02 Å². The van der Waals surface area contributed by atoms with Crippen LogP contribution in [0, 0.1) is 0 Å². The summed E-state index contributed by atoms with van der Waals surface area (Å²) < 4.78 is 61.4. The second-order valence-electron chi connectivity index (χ2n) is 5.89. The highest BCUT2D eigenvalue weighted by Gasteiger charge is 2.34. The molecule has 1 aromatic rings. The molecule has 0 aromatic heterocycles. The molecule has 24 heavy (non-hydrogen) atoms. The van der Waals surface area contributed by atoms with E-state index >= 15 is 0 Å². The maximum absolute atomic E-state index is 12.8. The van der Waals surface area contributed by atoms with E-state index in [1.807, 2.05) is 0 Å². The number of hydrogen-bond donors (Lipinski definition) is 0. The number of likely N-dealkylation sites (tertiary alicyclic amines) is 1. The minimum Gasteiger partial charge on any atom is -0.341 e. The molecule has 1 aliphatic rings. The van der Waals surface area contributed by atoms with Crippen molar-refractivity contribution in [2.45, 2.75) is 30.7 Å². The van der Waals surface area contributed by atoms with Crippen LogP contribution in [-0.2, 0) is 27.2 Å². The zero-order chi connectivity index (χ0) is 18.1. The highest BCUT2D eigenvalue weighted by molar-refractivity contribution is 7.91. The number of nitrogens with zero attached hydrogens (tertiary/aromatic N) is 1. The van der Waals surface area contributed by atoms with Gasteiger partial charge >= 0.3 is 6.18 Å². The first-order chi connectivity index (χ1) is 11.0. The Morgan fingerprint density at radius 3 is 2.58 bits per heavy atom. The van der Waals surface area contributed by atoms with E-state index in [1.165, 1.54) is 17.0 Å². The molecule has 2 rings (SSSR count). The Kier molecular flexibility index (Phi) is 5.49. The van der Waals surface area contributed by atoms with Gasteiger partial charge in [-0.3, -0.25) is 4.79 Å². The first-order valence-corrected chi connectivity index (χ1v) is 9.64. The smallest absolute Gasteiger partial charge is 0.341 e. The Hall–Kier alpha value is -1.28. The van der Waals surface area contributed by atoms with Gasteiger partial charge in [-0.15, -0.1) is 0 Å². The molecule has 4 nitrogen and oxygen atoms in total. The van der Waals surface area contributed by atoms with E-state index in [2.05, 4.69) is 0 Å². The summed E-state index contributed by atoms with van der Waals surface area (Å²) >= 11 is 5.55. The molecule has 0 N–H and O–H groups in total. The van der Waals surface area contributed by atoms with Crippen molar-refractivity contribution in [2.24, 2.45) is 0 Å². The molecular weight excluding hydrogens is 367 g/mol. The third-order valence-corrected chi connectivity index (χ3v) is 5.99. The number of benzene rings is 1. The third-order valence-electron chi connectivity index (χ3n) is 4.07. The van der Waals surface area contributed by atoms with Crippen LogP contribution in [0.4, 0.5) is 13.2 Å². The summed E-state index contributed by atoms with van der Waals surface area (Å²) in [5.74, 6) is -0.260. The zero-order valence-corrected chi connectivity index (χ0v) is 14.5. The second kappa shape index (κ2) is 6.92. The molecule has 9 heteroatoms. The summed E-state index contributed by atoms with van der Waals surface area (Å²) in [7, 11) is -3.20. The minimum absolute atomic E-state index is 0.0232. The average molecular weight is 384 g/mol. The number of amides is 1. The van der Waals surface area contributed by atoms with Crippen LogP contribution in [0.15, 0.2) is 18.2 Å². The zero-order valence-electron chi connectivity index (χ0n) is 12.9. The Labute approximate surface area is 143 Å². The maximum atomic E-state index is 12.8. The molecular formula is C15H17ClF3NO3S. The molecule has 0 spiro atoms. The van der Waals surface area contributed by atoms with Gasteiger partial charge < -0.3 is 4.90 Å². The molecule has 1 atom stereocenters. The van der Waals surface area contributed by atoms with Crippen molar-refractivity contribution in [1.29, 1.82) is 0 Å². The van der Waals surface area contributed by atoms with Crippen LogP contribution in [0.5, 0.6) is 0 Å². The van der Waals surface area contributed by atoms with E-state index in [0.717, 1.165) is 12.3 Å². The molecule has 1 aromatic carbocycles. The van der Waals surface area contributed by atoms with Crippen LogP contribution in [0.1, 0.15) is 24.0 Å². The van der Waals surface area contributed by atoms with Gasteiger partial charge in [0, 0.05) is 25.8 Å². The summed E-state index contributed by atoms with van der Waals surface area (Å²) in [5.41, 5.74) is -0.564. The fourth-order valence-electron chi connectivity index (χ4n) is 2.66. The predicted octanol–water partition coefficient (Wildman–Crippen LogP) is 2.94. The van der Waals surface area contributed by atoms with Crippen LogP contribution in [0.3, 0.4) is 0 Å². The molecule has 0 saturated carbocycles. The lowest BCUT2D eigenvalue weighted by Crippen LogP contribution is -2.31. The SMILES string of the molecule is CS(=O)(=O)C1CCN(C(=O)CCc2ccc(Cl)c(C(F)(F)F)c2)C1. The van der Waals surface area contributed by atoms with Gasteiger partial charge in [0.2, 0.25) is 5.91 Å². The Morgan fingerprint density at radius 1 is 1.38 bits per heavy atom. The van der Waals surface area contributed by atoms with Gasteiger partial charge in [-0.05, 0) is 30.5 Å². The summed E-state index contributed by atoms with van der Waals surface area (Å²) in [6, 6.07) is 3.56. The number of hydrogen-bond acceptors (Lipinski definition) is 3. The normalized spacial score (nSPS) is 18.9. The van der Waals surface area contributed by atoms with Crippen LogP contribution in [0.25, 0.3) is 0 Å². The number of carbonyl (C=O) groups excluding carboxylic acids is 1. The van der Waals surface area contributed by atoms with Gasteiger partial charge in [0.1, 0.15) is 0 Å². The monoisotopic (exact) mass is 383 g/mol. The molecule has 1 fully saturated rings. The molecule has 0 aliphatic carbocycles. The summed E-state index contributed by atoms with van der Waals surface area (Å²) in [6.45, 7) is 0.497. The van der Waals surface area contributed by atoms with Crippen molar-refractivity contribution in [3.63, 3.8) is 0 Å². The van der Waals surface area contributed by atoms with Gasteiger partial charge in [0.05, 0.1) is 15.8 Å². The highest BCUT2D eigenvalue weighted by Crippen LogP contribution is 2.35. The van der Waals surface area contributed by atoms with Crippen molar-refractivity contribution in [1.82, 2.24) is 4.90 Å². The standard InChI is InChI=1S/C15H17ClF3NO3S/c1-24(22,23)11-6-7-20(9-11)14(21)5-3-10-2-4-13(16)12(8-10)15(17,18)19/h2,4,8,11H,3,5-7,9H2,1H3. The molecule has 1 amide bonds. The third kappa shape index (κ3) is 4.63. The predicted molar refractivity (Wildman–Crippen MR) is 84.6 cm³/mol. The first kappa shape index (κ1) is 19.1. The molecule has 1 saturated heterocycles. The first-order valence-electron chi connectivity index (χ1n) is 7.31. The number of rotatable bonds is 4. The lowest BCUT2D eigenvalue weighted by atomic mass is 10.1. The molecule has 134 valence electrons. The summed E-state index contributed by atoms with van der Waals surface area (Å²) in [4.78, 5) is 13.6. The van der Waals surface area contributed by atoms with E-state index in [4.69, 9.17) is 11.6 Å². The van der Waals surface area contributed by atoms with Crippen molar-refractivity contribution >= 4 is 27.3 Å². The number of sulfone groups is 1. The van der Waals surface area contributed by atoms with Crippen molar-refractivity contribution in [3.05, 3.63) is 34.3 Å². The van der Waals surface area contributed by atoms with Crippen LogP contribution >= 0.6 is 11.6 Å². The molecule has 0 radical (unpaired) electrons. The average Bonchev–Trinajstić information content (AvgIpc) is 2.94. The van der Waals surface area contributed by atoms with E-state index in [0.29, 0.717) is 18.5 Å². The fourth-order valence-corrected chi connectivity index (χ4v) is 3.87. The lowest BCUT2D eigenvalue weighted by molar-refractivity contribution is -0.137. The summed E-state index contributed by atoms with van der Waals surface area (Å²) in [5, 5.41) is -0.943. The molecule has 1 heterocycles. The Morgan fingerprint density at radius 2 is 2.04 bits per heavy atom. The van der Waals surface area contributed by atoms with Crippen LogP contribution in [-0.4, -0.2) is 43.8 Å². The van der Waals surface area contributed by atoms with Crippen molar-refractivity contribution in [3.8, 4) is 0 Å². The lowest BCUT2D eigenvalue weighted by Gasteiger charge is -2.16. The van der Waals surface area contributed by atoms with E-state index in [1.54, 1.807) is 0 Å². The van der Waals surface area contributed by atoms with Crippen molar-refractivity contribution < 1.29 is 26.4 Å². The Bertz CT molecular complexity index is 734. The van der Waals surface area contributed by atoms with E-state index in [-0.39, 0.29) is 30.3 Å². The minimum atomic E-state index is -4.55. The molecule has 0 bridgehead atoms. The largest absolute Gasteiger partial charge is 0.417 e. The number of alkyl halides is 3. The Balaban J connectivity index is 1.98. The van der Waals surface area contributed by atoms with Gasteiger partial charge in [-0.2, -0.15) is 13.2 Å². The number of halogens is 4. The second-order valence-corrected chi connectivity index (χ2v) is 8.62.